The molecule has 2 fully saturated rings. The number of hydrogen-bond acceptors (Lipinski definition) is 4. The van der Waals surface area contributed by atoms with E-state index in [0.29, 0.717) is 6.61 Å². The number of rotatable bonds is 4. The average molecular weight is 300 g/mol. The summed E-state index contributed by atoms with van der Waals surface area (Å²) in [6, 6.07) is 0.294. The largest absolute Gasteiger partial charge is 0.383 e. The lowest BCUT2D eigenvalue weighted by atomic mass is 10.2. The van der Waals surface area contributed by atoms with Gasteiger partial charge in [-0.1, -0.05) is 0 Å². The molecule has 0 aromatic rings. The number of nitrogens with zero attached hydrogens (tertiary/aromatic N) is 2. The van der Waals surface area contributed by atoms with E-state index in [2.05, 4.69) is 4.90 Å². The highest BCUT2D eigenvalue weighted by molar-refractivity contribution is 5.85. The smallest absolute Gasteiger partial charge is 0.241 e. The number of ether oxygens (including phenoxy) is 1. The van der Waals surface area contributed by atoms with Crippen molar-refractivity contribution in [3.63, 3.8) is 0 Å². The second-order valence-corrected chi connectivity index (χ2v) is 4.65. The minimum atomic E-state index is -0.502. The first kappa shape index (κ1) is 17.9. The highest BCUT2D eigenvalue weighted by atomic mass is 35.5. The van der Waals surface area contributed by atoms with Crippen molar-refractivity contribution in [1.82, 2.24) is 9.80 Å². The third-order valence-electron chi connectivity index (χ3n) is 3.35. The van der Waals surface area contributed by atoms with Crippen molar-refractivity contribution in [2.75, 3.05) is 39.9 Å². The Morgan fingerprint density at radius 1 is 1.28 bits per heavy atom. The topological polar surface area (TPSA) is 58.8 Å². The van der Waals surface area contributed by atoms with Crippen LogP contribution in [0.5, 0.6) is 0 Å². The Bertz CT molecular complexity index is 257. The van der Waals surface area contributed by atoms with Gasteiger partial charge in [-0.2, -0.15) is 0 Å². The molecule has 1 atom stereocenters. The summed E-state index contributed by atoms with van der Waals surface area (Å²) < 4.78 is 4.90. The van der Waals surface area contributed by atoms with Crippen LogP contribution in [-0.2, 0) is 9.53 Å². The van der Waals surface area contributed by atoms with E-state index in [0.717, 1.165) is 32.2 Å². The molecule has 2 rings (SSSR count). The normalized spacial score (nSPS) is 21.8. The van der Waals surface area contributed by atoms with Gasteiger partial charge in [0.1, 0.15) is 6.04 Å². The fourth-order valence-electron chi connectivity index (χ4n) is 2.23. The number of halogens is 2. The minimum absolute atomic E-state index is 0. The molecule has 1 heterocycles. The van der Waals surface area contributed by atoms with E-state index in [1.165, 1.54) is 12.8 Å². The molecule has 1 aliphatic carbocycles. The summed E-state index contributed by atoms with van der Waals surface area (Å²) in [5, 5.41) is 0. The summed E-state index contributed by atoms with van der Waals surface area (Å²) in [4.78, 5) is 16.2. The van der Waals surface area contributed by atoms with Crippen LogP contribution in [0.1, 0.15) is 12.8 Å². The van der Waals surface area contributed by atoms with Crippen LogP contribution in [0, 0.1) is 0 Å². The summed E-state index contributed by atoms with van der Waals surface area (Å²) in [5.74, 6) is 0.0253. The van der Waals surface area contributed by atoms with E-state index in [-0.39, 0.29) is 30.7 Å². The molecule has 0 spiro atoms. The molecule has 1 aliphatic heterocycles. The second-order valence-electron chi connectivity index (χ2n) is 4.65. The van der Waals surface area contributed by atoms with E-state index in [1.54, 1.807) is 7.11 Å². The third-order valence-corrected chi connectivity index (χ3v) is 3.35. The van der Waals surface area contributed by atoms with Gasteiger partial charge in [-0.05, 0) is 12.8 Å². The fraction of sp³-hybridized carbons (Fsp3) is 0.909. The molecule has 1 saturated heterocycles. The van der Waals surface area contributed by atoms with Crippen LogP contribution in [0.4, 0.5) is 0 Å². The number of hydrogen-bond donors (Lipinski definition) is 1. The minimum Gasteiger partial charge on any atom is -0.383 e. The molecule has 108 valence electrons. The van der Waals surface area contributed by atoms with Crippen molar-refractivity contribution in [1.29, 1.82) is 0 Å². The van der Waals surface area contributed by atoms with Crippen LogP contribution in [0.15, 0.2) is 0 Å². The van der Waals surface area contributed by atoms with E-state index in [1.807, 2.05) is 4.90 Å². The lowest BCUT2D eigenvalue weighted by molar-refractivity contribution is -0.135. The molecule has 2 aliphatic rings. The molecule has 0 bridgehead atoms. The maximum Gasteiger partial charge on any atom is 0.241 e. The Morgan fingerprint density at radius 2 is 1.83 bits per heavy atom. The van der Waals surface area contributed by atoms with Crippen molar-refractivity contribution < 1.29 is 9.53 Å². The summed E-state index contributed by atoms with van der Waals surface area (Å²) in [5.41, 5.74) is 5.74. The Balaban J connectivity index is 0.00000144. The molecule has 2 N–H and O–H groups in total. The van der Waals surface area contributed by atoms with Crippen LogP contribution in [0.25, 0.3) is 0 Å². The third kappa shape index (κ3) is 4.55. The van der Waals surface area contributed by atoms with Crippen LogP contribution < -0.4 is 5.73 Å². The lowest BCUT2D eigenvalue weighted by Gasteiger charge is -2.35. The van der Waals surface area contributed by atoms with Crippen molar-refractivity contribution in [3.05, 3.63) is 0 Å². The molecule has 1 saturated carbocycles. The first-order valence-corrected chi connectivity index (χ1v) is 5.99. The number of piperazine rings is 1. The van der Waals surface area contributed by atoms with Crippen LogP contribution in [-0.4, -0.2) is 67.7 Å². The highest BCUT2D eigenvalue weighted by Gasteiger charge is 2.33. The number of carbonyl (C=O) groups excluding carboxylic acids is 1. The standard InChI is InChI=1S/C11H21N3O2.2ClH/c1-16-8-10(12)11(15)14-6-4-13(5-7-14)9-2-3-9;;/h9-10H,2-8,12H2,1H3;2*1H. The summed E-state index contributed by atoms with van der Waals surface area (Å²) in [6.07, 6.45) is 2.66. The highest BCUT2D eigenvalue weighted by Crippen LogP contribution is 2.27. The van der Waals surface area contributed by atoms with Crippen molar-refractivity contribution in [2.24, 2.45) is 5.73 Å². The zero-order chi connectivity index (χ0) is 11.5. The van der Waals surface area contributed by atoms with Gasteiger partial charge >= 0.3 is 0 Å². The van der Waals surface area contributed by atoms with Gasteiger partial charge in [0.25, 0.3) is 0 Å². The van der Waals surface area contributed by atoms with Gasteiger partial charge in [0.15, 0.2) is 0 Å². The molecule has 0 radical (unpaired) electrons. The zero-order valence-corrected chi connectivity index (χ0v) is 12.3. The maximum atomic E-state index is 11.9. The SMILES string of the molecule is COCC(N)C(=O)N1CCN(C2CC2)CC1.Cl.Cl. The van der Waals surface area contributed by atoms with Gasteiger partial charge in [0.2, 0.25) is 5.91 Å². The Kier molecular flexibility index (Phi) is 8.14. The van der Waals surface area contributed by atoms with Gasteiger partial charge in [-0.3, -0.25) is 9.69 Å². The van der Waals surface area contributed by atoms with Crippen molar-refractivity contribution >= 4 is 30.7 Å². The number of methoxy groups -OCH3 is 1. The van der Waals surface area contributed by atoms with Gasteiger partial charge in [0.05, 0.1) is 6.61 Å². The molecule has 0 aromatic heterocycles. The zero-order valence-electron chi connectivity index (χ0n) is 10.7. The Morgan fingerprint density at radius 3 is 2.28 bits per heavy atom. The van der Waals surface area contributed by atoms with Crippen molar-refractivity contribution in [3.8, 4) is 0 Å². The van der Waals surface area contributed by atoms with Crippen LogP contribution in [0.3, 0.4) is 0 Å². The average Bonchev–Trinajstić information content (AvgIpc) is 3.12. The molecule has 1 amide bonds. The van der Waals surface area contributed by atoms with Crippen LogP contribution in [0.2, 0.25) is 0 Å². The molecule has 7 heteroatoms. The van der Waals surface area contributed by atoms with Gasteiger partial charge in [-0.25, -0.2) is 0 Å². The maximum absolute atomic E-state index is 11.9. The quantitative estimate of drug-likeness (QED) is 0.801. The van der Waals surface area contributed by atoms with Crippen molar-refractivity contribution in [2.45, 2.75) is 24.9 Å². The van der Waals surface area contributed by atoms with Gasteiger partial charge in [0, 0.05) is 39.3 Å². The summed E-state index contributed by atoms with van der Waals surface area (Å²) in [6.45, 7) is 3.92. The molecule has 18 heavy (non-hydrogen) atoms. The molecule has 0 aromatic carbocycles. The lowest BCUT2D eigenvalue weighted by Crippen LogP contribution is -2.54. The molecule has 5 nitrogen and oxygen atoms in total. The molecular weight excluding hydrogens is 277 g/mol. The first-order chi connectivity index (χ1) is 7.72. The number of amides is 1. The van der Waals surface area contributed by atoms with Gasteiger partial charge in [-0.15, -0.1) is 24.8 Å². The number of carbonyl (C=O) groups is 1. The number of nitrogens with two attached hydrogens (primary N) is 1. The molecule has 1 unspecified atom stereocenters. The van der Waals surface area contributed by atoms with E-state index in [4.69, 9.17) is 10.5 Å². The van der Waals surface area contributed by atoms with E-state index < -0.39 is 6.04 Å². The fourth-order valence-corrected chi connectivity index (χ4v) is 2.23. The summed E-state index contributed by atoms with van der Waals surface area (Å²) in [7, 11) is 1.57. The molecular formula is C11H23Cl2N3O2. The van der Waals surface area contributed by atoms with E-state index in [9.17, 15) is 4.79 Å². The monoisotopic (exact) mass is 299 g/mol. The van der Waals surface area contributed by atoms with Crippen LogP contribution >= 0.6 is 24.8 Å². The Hall–Kier alpha value is -0.0700. The summed E-state index contributed by atoms with van der Waals surface area (Å²) >= 11 is 0. The Labute approximate surface area is 121 Å². The predicted molar refractivity (Wildman–Crippen MR) is 75.5 cm³/mol. The van der Waals surface area contributed by atoms with Gasteiger partial charge < -0.3 is 15.4 Å². The second kappa shape index (κ2) is 8.17. The van der Waals surface area contributed by atoms with E-state index >= 15 is 0 Å². The predicted octanol–water partition coefficient (Wildman–Crippen LogP) is 0.110. The first-order valence-electron chi connectivity index (χ1n) is 5.99.